The van der Waals surface area contributed by atoms with Crippen molar-refractivity contribution in [2.45, 2.75) is 37.1 Å². The van der Waals surface area contributed by atoms with Gasteiger partial charge in [-0.05, 0) is 25.7 Å². The molecular weight excluding hydrogens is 258 g/mol. The zero-order valence-corrected chi connectivity index (χ0v) is 11.2. The molecule has 0 bridgehead atoms. The van der Waals surface area contributed by atoms with Crippen LogP contribution in [0.1, 0.15) is 37.4 Å². The summed E-state index contributed by atoms with van der Waals surface area (Å²) in [5.74, 6) is 2.21. The first-order valence-electron chi connectivity index (χ1n) is 6.07. The van der Waals surface area contributed by atoms with E-state index >= 15 is 0 Å². The van der Waals surface area contributed by atoms with E-state index in [9.17, 15) is 0 Å². The van der Waals surface area contributed by atoms with Crippen molar-refractivity contribution < 1.29 is 4.74 Å². The van der Waals surface area contributed by atoms with Gasteiger partial charge in [0, 0.05) is 36.5 Å². The molecule has 0 unspecified atom stereocenters. The molecule has 1 aliphatic heterocycles. The Morgan fingerprint density at radius 3 is 2.82 bits per heavy atom. The number of alkyl halides is 1. The van der Waals surface area contributed by atoms with Crippen molar-refractivity contribution in [3.8, 4) is 0 Å². The van der Waals surface area contributed by atoms with Crippen LogP contribution in [0.4, 0.5) is 5.13 Å². The molecule has 0 spiro atoms. The van der Waals surface area contributed by atoms with Gasteiger partial charge in [-0.2, -0.15) is 4.37 Å². The van der Waals surface area contributed by atoms with Gasteiger partial charge in [-0.1, -0.05) is 0 Å². The molecule has 6 heteroatoms. The number of halogens is 1. The Balaban J connectivity index is 1.70. The van der Waals surface area contributed by atoms with Crippen LogP contribution in [-0.2, 0) is 4.74 Å². The molecular formula is C11H16ClN3OS. The Labute approximate surface area is 110 Å². The molecule has 2 heterocycles. The van der Waals surface area contributed by atoms with E-state index in [2.05, 4.69) is 14.7 Å². The first kappa shape index (κ1) is 11.7. The molecule has 1 aromatic rings. The predicted molar refractivity (Wildman–Crippen MR) is 69.0 cm³/mol. The quantitative estimate of drug-likeness (QED) is 0.857. The van der Waals surface area contributed by atoms with Crippen LogP contribution < -0.4 is 5.32 Å². The molecule has 94 valence electrons. The van der Waals surface area contributed by atoms with Gasteiger partial charge in [0.05, 0.1) is 5.54 Å². The Hall–Kier alpha value is -0.390. The molecule has 3 rings (SSSR count). The molecule has 1 aliphatic carbocycles. The van der Waals surface area contributed by atoms with Gasteiger partial charge in [-0.3, -0.25) is 0 Å². The highest BCUT2D eigenvalue weighted by molar-refractivity contribution is 7.09. The first-order valence-corrected chi connectivity index (χ1v) is 7.38. The number of rotatable bonds is 4. The molecule has 1 aromatic heterocycles. The molecule has 2 aliphatic rings. The molecule has 4 nitrogen and oxygen atoms in total. The summed E-state index contributed by atoms with van der Waals surface area (Å²) in [6.45, 7) is 1.54. The third-order valence-electron chi connectivity index (χ3n) is 3.46. The Bertz CT molecular complexity index is 388. The lowest BCUT2D eigenvalue weighted by Crippen LogP contribution is -2.45. The van der Waals surface area contributed by atoms with Gasteiger partial charge in [-0.15, -0.1) is 11.6 Å². The van der Waals surface area contributed by atoms with Crippen LogP contribution in [-0.4, -0.2) is 34.0 Å². The predicted octanol–water partition coefficient (Wildman–Crippen LogP) is 2.62. The fraction of sp³-hybridized carbons (Fsp3) is 0.818. The van der Waals surface area contributed by atoms with Crippen LogP contribution in [0, 0.1) is 0 Å². The highest BCUT2D eigenvalue weighted by Gasteiger charge is 2.34. The van der Waals surface area contributed by atoms with Gasteiger partial charge in [0.15, 0.2) is 0 Å². The highest BCUT2D eigenvalue weighted by atomic mass is 35.5. The fourth-order valence-electron chi connectivity index (χ4n) is 2.07. The second-order valence-electron chi connectivity index (χ2n) is 4.88. The minimum atomic E-state index is -0.0554. The monoisotopic (exact) mass is 273 g/mol. The third-order valence-corrected chi connectivity index (χ3v) is 4.62. The van der Waals surface area contributed by atoms with E-state index in [1.54, 1.807) is 0 Å². The van der Waals surface area contributed by atoms with E-state index in [1.807, 2.05) is 0 Å². The molecule has 0 aromatic carbocycles. The smallest absolute Gasteiger partial charge is 0.203 e. The van der Waals surface area contributed by atoms with Crippen molar-refractivity contribution in [1.82, 2.24) is 9.36 Å². The van der Waals surface area contributed by atoms with Crippen molar-refractivity contribution in [3.05, 3.63) is 5.82 Å². The fourth-order valence-corrected chi connectivity index (χ4v) is 3.17. The number of anilines is 1. The maximum atomic E-state index is 6.11. The van der Waals surface area contributed by atoms with Crippen molar-refractivity contribution >= 4 is 28.3 Å². The van der Waals surface area contributed by atoms with Gasteiger partial charge in [0.1, 0.15) is 5.82 Å². The van der Waals surface area contributed by atoms with E-state index in [1.165, 1.54) is 24.4 Å². The summed E-state index contributed by atoms with van der Waals surface area (Å²) in [7, 11) is 0. The Morgan fingerprint density at radius 1 is 1.41 bits per heavy atom. The summed E-state index contributed by atoms with van der Waals surface area (Å²) in [6.07, 6.45) is 4.36. The largest absolute Gasteiger partial charge is 0.381 e. The van der Waals surface area contributed by atoms with Crippen LogP contribution in [0.3, 0.4) is 0 Å². The zero-order valence-electron chi connectivity index (χ0n) is 9.62. The topological polar surface area (TPSA) is 47.0 Å². The van der Waals surface area contributed by atoms with E-state index in [4.69, 9.17) is 16.3 Å². The Morgan fingerprint density at radius 2 is 2.18 bits per heavy atom. The first-order chi connectivity index (χ1) is 8.31. The number of aromatic nitrogens is 2. The number of hydrogen-bond donors (Lipinski definition) is 1. The standard InChI is InChI=1S/C11H16ClN3OS/c12-7-11(3-5-16-6-4-11)14-10-13-9(15-17-10)8-1-2-8/h8H,1-7H2,(H,13,14,15). The lowest BCUT2D eigenvalue weighted by Gasteiger charge is -2.35. The average molecular weight is 274 g/mol. The lowest BCUT2D eigenvalue weighted by atomic mass is 9.92. The van der Waals surface area contributed by atoms with Gasteiger partial charge in [-0.25, -0.2) is 4.98 Å². The second kappa shape index (κ2) is 4.71. The molecule has 0 atom stereocenters. The number of nitrogens with zero attached hydrogens (tertiary/aromatic N) is 2. The summed E-state index contributed by atoms with van der Waals surface area (Å²) < 4.78 is 9.79. The summed E-state index contributed by atoms with van der Waals surface area (Å²) >= 11 is 7.56. The van der Waals surface area contributed by atoms with E-state index in [-0.39, 0.29) is 5.54 Å². The Kier molecular flexibility index (Phi) is 3.23. The highest BCUT2D eigenvalue weighted by Crippen LogP contribution is 2.39. The van der Waals surface area contributed by atoms with Crippen LogP contribution >= 0.6 is 23.1 Å². The molecule has 2 fully saturated rings. The van der Waals surface area contributed by atoms with Crippen LogP contribution in [0.5, 0.6) is 0 Å². The normalized spacial score (nSPS) is 23.6. The zero-order chi connectivity index (χ0) is 11.7. The van der Waals surface area contributed by atoms with Crippen molar-refractivity contribution in [2.75, 3.05) is 24.4 Å². The average Bonchev–Trinajstić information content (AvgIpc) is 3.12. The SMILES string of the molecule is ClCC1(Nc2nc(C3CC3)ns2)CCOCC1. The lowest BCUT2D eigenvalue weighted by molar-refractivity contribution is 0.0668. The summed E-state index contributed by atoms with van der Waals surface area (Å²) in [6, 6.07) is 0. The number of ether oxygens (including phenoxy) is 1. The van der Waals surface area contributed by atoms with E-state index in [0.29, 0.717) is 11.8 Å². The molecule has 0 amide bonds. The van der Waals surface area contributed by atoms with Crippen LogP contribution in [0.15, 0.2) is 0 Å². The minimum Gasteiger partial charge on any atom is -0.381 e. The van der Waals surface area contributed by atoms with E-state index in [0.717, 1.165) is 37.0 Å². The van der Waals surface area contributed by atoms with Gasteiger partial charge >= 0.3 is 0 Å². The third kappa shape index (κ3) is 2.56. The maximum Gasteiger partial charge on any atom is 0.203 e. The summed E-state index contributed by atoms with van der Waals surface area (Å²) in [4.78, 5) is 4.56. The van der Waals surface area contributed by atoms with Crippen molar-refractivity contribution in [3.63, 3.8) is 0 Å². The minimum absolute atomic E-state index is 0.0554. The van der Waals surface area contributed by atoms with Crippen molar-refractivity contribution in [2.24, 2.45) is 0 Å². The summed E-state index contributed by atoms with van der Waals surface area (Å²) in [5.41, 5.74) is -0.0554. The van der Waals surface area contributed by atoms with Crippen molar-refractivity contribution in [1.29, 1.82) is 0 Å². The number of hydrogen-bond acceptors (Lipinski definition) is 5. The molecule has 1 N–H and O–H groups in total. The number of nitrogens with one attached hydrogen (secondary N) is 1. The molecule has 1 saturated heterocycles. The second-order valence-corrected chi connectivity index (χ2v) is 5.90. The van der Waals surface area contributed by atoms with Crippen LogP contribution in [0.25, 0.3) is 0 Å². The van der Waals surface area contributed by atoms with Gasteiger partial charge in [0.2, 0.25) is 5.13 Å². The molecule has 1 saturated carbocycles. The summed E-state index contributed by atoms with van der Waals surface area (Å²) in [5, 5.41) is 4.39. The van der Waals surface area contributed by atoms with Gasteiger partial charge < -0.3 is 10.1 Å². The van der Waals surface area contributed by atoms with Gasteiger partial charge in [0.25, 0.3) is 0 Å². The maximum absolute atomic E-state index is 6.11. The van der Waals surface area contributed by atoms with Crippen LogP contribution in [0.2, 0.25) is 0 Å². The molecule has 0 radical (unpaired) electrons. The van der Waals surface area contributed by atoms with E-state index < -0.39 is 0 Å². The molecule has 17 heavy (non-hydrogen) atoms.